The van der Waals surface area contributed by atoms with Crippen molar-refractivity contribution in [2.24, 2.45) is 0 Å². The van der Waals surface area contributed by atoms with Gasteiger partial charge in [0, 0.05) is 11.1 Å². The Kier molecular flexibility index (Phi) is 4.85. The van der Waals surface area contributed by atoms with Gasteiger partial charge in [-0.2, -0.15) is 0 Å². The number of benzene rings is 2. The van der Waals surface area contributed by atoms with Gasteiger partial charge in [-0.15, -0.1) is 6.58 Å². The summed E-state index contributed by atoms with van der Waals surface area (Å²) in [6, 6.07) is 9.66. The molecule has 0 bridgehead atoms. The second-order valence-electron chi connectivity index (χ2n) is 5.31. The van der Waals surface area contributed by atoms with Crippen LogP contribution in [0.15, 0.2) is 49.1 Å². The number of phenols is 2. The van der Waals surface area contributed by atoms with E-state index in [1.807, 2.05) is 0 Å². The van der Waals surface area contributed by atoms with Crippen LogP contribution in [0, 0.1) is 0 Å². The number of aromatic hydroxyl groups is 2. The standard InChI is InChI=1S/C18H20O4/c1-3-4-12-5-7-16(20)14(9-12)15-10-13(6-8-17(15)21)18(22)11(2)19/h3,5-11,18-22H,1,4H2,2H3/t11-,18-/m0/s1. The molecule has 0 amide bonds. The summed E-state index contributed by atoms with van der Waals surface area (Å²) < 4.78 is 0. The smallest absolute Gasteiger partial charge is 0.123 e. The molecule has 0 aliphatic rings. The molecule has 0 aliphatic heterocycles. The largest absolute Gasteiger partial charge is 0.507 e. The van der Waals surface area contributed by atoms with Crippen LogP contribution in [0.1, 0.15) is 24.2 Å². The predicted molar refractivity (Wildman–Crippen MR) is 85.7 cm³/mol. The van der Waals surface area contributed by atoms with Gasteiger partial charge in [-0.1, -0.05) is 18.2 Å². The zero-order chi connectivity index (χ0) is 16.3. The van der Waals surface area contributed by atoms with Crippen LogP contribution in [-0.4, -0.2) is 26.5 Å². The van der Waals surface area contributed by atoms with E-state index < -0.39 is 12.2 Å². The monoisotopic (exact) mass is 300 g/mol. The second kappa shape index (κ2) is 6.64. The molecular weight excluding hydrogens is 280 g/mol. The van der Waals surface area contributed by atoms with E-state index in [4.69, 9.17) is 0 Å². The Morgan fingerprint density at radius 2 is 1.59 bits per heavy atom. The van der Waals surface area contributed by atoms with Gasteiger partial charge < -0.3 is 20.4 Å². The van der Waals surface area contributed by atoms with E-state index in [1.165, 1.54) is 13.0 Å². The van der Waals surface area contributed by atoms with Crippen LogP contribution in [0.25, 0.3) is 11.1 Å². The highest BCUT2D eigenvalue weighted by Crippen LogP contribution is 2.37. The van der Waals surface area contributed by atoms with Crippen LogP contribution in [0.2, 0.25) is 0 Å². The van der Waals surface area contributed by atoms with Crippen LogP contribution in [0.3, 0.4) is 0 Å². The van der Waals surface area contributed by atoms with Gasteiger partial charge in [-0.05, 0) is 48.7 Å². The van der Waals surface area contributed by atoms with E-state index in [9.17, 15) is 20.4 Å². The maximum absolute atomic E-state index is 10.1. The molecule has 0 spiro atoms. The van der Waals surface area contributed by atoms with Crippen LogP contribution >= 0.6 is 0 Å². The number of hydrogen-bond donors (Lipinski definition) is 4. The molecule has 2 atom stereocenters. The SMILES string of the molecule is C=CCc1ccc(O)c(-c2cc([C@@H](O)[C@H](C)O)ccc2O)c1. The predicted octanol–water partition coefficient (Wildman–Crippen LogP) is 2.91. The van der Waals surface area contributed by atoms with E-state index >= 15 is 0 Å². The molecule has 0 radical (unpaired) electrons. The van der Waals surface area contributed by atoms with Gasteiger partial charge in [0.15, 0.2) is 0 Å². The van der Waals surface area contributed by atoms with Gasteiger partial charge in [-0.25, -0.2) is 0 Å². The third-order valence-electron chi connectivity index (χ3n) is 3.55. The molecule has 0 saturated carbocycles. The zero-order valence-corrected chi connectivity index (χ0v) is 12.4. The summed E-state index contributed by atoms with van der Waals surface area (Å²) in [6.07, 6.45) is 0.407. The van der Waals surface area contributed by atoms with E-state index in [0.717, 1.165) is 5.56 Å². The first kappa shape index (κ1) is 16.1. The van der Waals surface area contributed by atoms with Crippen LogP contribution in [0.5, 0.6) is 11.5 Å². The molecule has 2 aromatic rings. The number of allylic oxidation sites excluding steroid dienone is 1. The first-order chi connectivity index (χ1) is 10.4. The van der Waals surface area contributed by atoms with Gasteiger partial charge in [0.05, 0.1) is 6.10 Å². The van der Waals surface area contributed by atoms with Crippen LogP contribution in [0.4, 0.5) is 0 Å². The summed E-state index contributed by atoms with van der Waals surface area (Å²) in [4.78, 5) is 0. The second-order valence-corrected chi connectivity index (χ2v) is 5.31. The summed E-state index contributed by atoms with van der Waals surface area (Å²) >= 11 is 0. The molecule has 0 aromatic heterocycles. The van der Waals surface area contributed by atoms with Crippen molar-refractivity contribution in [3.63, 3.8) is 0 Å². The molecule has 2 aromatic carbocycles. The average molecular weight is 300 g/mol. The highest BCUT2D eigenvalue weighted by molar-refractivity contribution is 5.76. The zero-order valence-electron chi connectivity index (χ0n) is 12.4. The molecular formula is C18H20O4. The van der Waals surface area contributed by atoms with Crippen LogP contribution < -0.4 is 0 Å². The Morgan fingerprint density at radius 3 is 2.18 bits per heavy atom. The lowest BCUT2D eigenvalue weighted by molar-refractivity contribution is 0.0305. The van der Waals surface area contributed by atoms with Crippen molar-refractivity contribution in [1.29, 1.82) is 0 Å². The number of hydrogen-bond acceptors (Lipinski definition) is 4. The summed E-state index contributed by atoms with van der Waals surface area (Å²) in [6.45, 7) is 5.17. The fraction of sp³-hybridized carbons (Fsp3) is 0.222. The average Bonchev–Trinajstić information content (AvgIpc) is 2.49. The molecule has 116 valence electrons. The van der Waals surface area contributed by atoms with Gasteiger partial charge in [0.25, 0.3) is 0 Å². The molecule has 0 unspecified atom stereocenters. The van der Waals surface area contributed by atoms with E-state index in [2.05, 4.69) is 6.58 Å². The maximum Gasteiger partial charge on any atom is 0.123 e. The molecule has 0 fully saturated rings. The van der Waals surface area contributed by atoms with Crippen molar-refractivity contribution in [3.05, 3.63) is 60.2 Å². The Hall–Kier alpha value is -2.30. The molecule has 4 N–H and O–H groups in total. The van der Waals surface area contributed by atoms with E-state index in [1.54, 1.807) is 36.4 Å². The summed E-state index contributed by atoms with van der Waals surface area (Å²) in [7, 11) is 0. The minimum absolute atomic E-state index is 0.00686. The number of aliphatic hydroxyl groups is 2. The minimum Gasteiger partial charge on any atom is -0.507 e. The number of phenolic OH excluding ortho intramolecular Hbond substituents is 2. The molecule has 2 rings (SSSR count). The van der Waals surface area contributed by atoms with Gasteiger partial charge in [0.2, 0.25) is 0 Å². The Bertz CT molecular complexity index is 677. The first-order valence-corrected chi connectivity index (χ1v) is 7.06. The lowest BCUT2D eigenvalue weighted by Gasteiger charge is -2.16. The van der Waals surface area contributed by atoms with Gasteiger partial charge in [0.1, 0.15) is 17.6 Å². The molecule has 0 aliphatic carbocycles. The molecule has 0 saturated heterocycles. The number of rotatable bonds is 5. The minimum atomic E-state index is -1.06. The van der Waals surface area contributed by atoms with Crippen molar-refractivity contribution in [3.8, 4) is 22.6 Å². The van der Waals surface area contributed by atoms with Crippen molar-refractivity contribution < 1.29 is 20.4 Å². The number of aliphatic hydroxyl groups excluding tert-OH is 2. The third-order valence-corrected chi connectivity index (χ3v) is 3.55. The quantitative estimate of drug-likeness (QED) is 0.640. The lowest BCUT2D eigenvalue weighted by atomic mass is 9.95. The van der Waals surface area contributed by atoms with Crippen molar-refractivity contribution in [2.75, 3.05) is 0 Å². The summed E-state index contributed by atoms with van der Waals surface area (Å²) in [5.41, 5.74) is 2.29. The van der Waals surface area contributed by atoms with Crippen molar-refractivity contribution >= 4 is 0 Å². The summed E-state index contributed by atoms with van der Waals surface area (Å²) in [5.74, 6) is 0.0272. The van der Waals surface area contributed by atoms with Crippen molar-refractivity contribution in [1.82, 2.24) is 0 Å². The fourth-order valence-corrected chi connectivity index (χ4v) is 2.32. The molecule has 22 heavy (non-hydrogen) atoms. The van der Waals surface area contributed by atoms with E-state index in [0.29, 0.717) is 23.1 Å². The molecule has 0 heterocycles. The molecule has 4 heteroatoms. The summed E-state index contributed by atoms with van der Waals surface area (Å²) in [5, 5.41) is 39.6. The fourth-order valence-electron chi connectivity index (χ4n) is 2.32. The molecule has 4 nitrogen and oxygen atoms in total. The van der Waals surface area contributed by atoms with E-state index in [-0.39, 0.29) is 11.5 Å². The highest BCUT2D eigenvalue weighted by atomic mass is 16.3. The van der Waals surface area contributed by atoms with Crippen molar-refractivity contribution in [2.45, 2.75) is 25.6 Å². The highest BCUT2D eigenvalue weighted by Gasteiger charge is 2.17. The Balaban J connectivity index is 2.54. The van der Waals surface area contributed by atoms with Crippen LogP contribution in [-0.2, 0) is 6.42 Å². The Morgan fingerprint density at radius 1 is 1.00 bits per heavy atom. The Labute approximate surface area is 129 Å². The lowest BCUT2D eigenvalue weighted by Crippen LogP contribution is -2.13. The first-order valence-electron chi connectivity index (χ1n) is 7.06. The van der Waals surface area contributed by atoms with Gasteiger partial charge in [-0.3, -0.25) is 0 Å². The normalized spacial score (nSPS) is 13.6. The maximum atomic E-state index is 10.1. The topological polar surface area (TPSA) is 80.9 Å². The van der Waals surface area contributed by atoms with Gasteiger partial charge >= 0.3 is 0 Å². The third kappa shape index (κ3) is 3.30.